The predicted molar refractivity (Wildman–Crippen MR) is 92.9 cm³/mol. The van der Waals surface area contributed by atoms with Gasteiger partial charge < -0.3 is 4.90 Å². The van der Waals surface area contributed by atoms with E-state index in [2.05, 4.69) is 35.7 Å². The maximum Gasteiger partial charge on any atom is 0.243 e. The summed E-state index contributed by atoms with van der Waals surface area (Å²) >= 11 is 0. The van der Waals surface area contributed by atoms with Crippen LogP contribution in [0.4, 0.5) is 5.69 Å². The van der Waals surface area contributed by atoms with Gasteiger partial charge in [-0.2, -0.15) is 5.10 Å². The second-order valence-electron chi connectivity index (χ2n) is 7.01. The number of aryl methyl sites for hydroxylation is 1. The molecule has 1 fully saturated rings. The molecule has 0 radical (unpaired) electrons. The van der Waals surface area contributed by atoms with Gasteiger partial charge in [0, 0.05) is 30.5 Å². The molecule has 3 aliphatic rings. The molecule has 5 nitrogen and oxygen atoms in total. The summed E-state index contributed by atoms with van der Waals surface area (Å²) in [6.45, 7) is 2.86. The Morgan fingerprint density at radius 2 is 2.04 bits per heavy atom. The minimum Gasteiger partial charge on any atom is -0.312 e. The van der Waals surface area contributed by atoms with Crippen molar-refractivity contribution in [2.24, 2.45) is 16.9 Å². The third-order valence-electron chi connectivity index (χ3n) is 5.51. The number of anilines is 1. The summed E-state index contributed by atoms with van der Waals surface area (Å²) in [5.74, 6) is 0.606. The quantitative estimate of drug-likeness (QED) is 0.928. The number of benzene rings is 1. The highest BCUT2D eigenvalue weighted by atomic mass is 16.2. The zero-order chi connectivity index (χ0) is 16.7. The minimum atomic E-state index is 0.0685. The van der Waals surface area contributed by atoms with Crippen molar-refractivity contribution in [2.45, 2.75) is 45.4 Å². The molecule has 0 saturated heterocycles. The summed E-state index contributed by atoms with van der Waals surface area (Å²) in [5, 5.41) is 4.38. The van der Waals surface area contributed by atoms with Crippen molar-refractivity contribution in [1.29, 1.82) is 0 Å². The van der Waals surface area contributed by atoms with Crippen molar-refractivity contribution >= 4 is 23.2 Å². The fourth-order valence-electron chi connectivity index (χ4n) is 4.35. The molecular formula is C19H23N3O2. The van der Waals surface area contributed by atoms with Gasteiger partial charge >= 0.3 is 0 Å². The van der Waals surface area contributed by atoms with Crippen molar-refractivity contribution in [2.75, 3.05) is 11.4 Å². The van der Waals surface area contributed by atoms with E-state index in [0.717, 1.165) is 55.6 Å². The van der Waals surface area contributed by atoms with E-state index in [-0.39, 0.29) is 23.7 Å². The molecule has 2 amide bonds. The lowest BCUT2D eigenvalue weighted by atomic mass is 9.85. The van der Waals surface area contributed by atoms with Crippen LogP contribution in [0, 0.1) is 11.8 Å². The first-order valence-electron chi connectivity index (χ1n) is 9.00. The van der Waals surface area contributed by atoms with Crippen LogP contribution >= 0.6 is 0 Å². The van der Waals surface area contributed by atoms with Crippen molar-refractivity contribution < 1.29 is 9.59 Å². The number of hydrogen-bond donors (Lipinski definition) is 1. The monoisotopic (exact) mass is 325 g/mol. The molecule has 2 aliphatic heterocycles. The van der Waals surface area contributed by atoms with Gasteiger partial charge in [0.1, 0.15) is 0 Å². The van der Waals surface area contributed by atoms with Crippen LogP contribution in [0.1, 0.15) is 50.2 Å². The third kappa shape index (κ3) is 2.43. The Kier molecular flexibility index (Phi) is 3.87. The molecule has 0 aromatic heterocycles. The van der Waals surface area contributed by atoms with Crippen LogP contribution in [0.15, 0.2) is 23.3 Å². The smallest absolute Gasteiger partial charge is 0.243 e. The molecule has 2 atom stereocenters. The van der Waals surface area contributed by atoms with E-state index in [1.165, 1.54) is 5.56 Å². The highest BCUT2D eigenvalue weighted by Gasteiger charge is 2.39. The SMILES string of the molecule is CCCN1C(=O)CCc2cc(C3=NNC(=O)C4CCCC34)ccc21. The Hall–Kier alpha value is -2.17. The Bertz CT molecular complexity index is 725. The van der Waals surface area contributed by atoms with Crippen molar-refractivity contribution in [3.05, 3.63) is 29.3 Å². The summed E-state index contributed by atoms with van der Waals surface area (Å²) in [4.78, 5) is 26.1. The number of fused-ring (bicyclic) bond motifs is 2. The Labute approximate surface area is 142 Å². The van der Waals surface area contributed by atoms with Gasteiger partial charge in [-0.15, -0.1) is 0 Å². The van der Waals surface area contributed by atoms with Crippen LogP contribution in [0.25, 0.3) is 0 Å². The molecule has 24 heavy (non-hydrogen) atoms. The maximum absolute atomic E-state index is 12.2. The van der Waals surface area contributed by atoms with E-state index in [0.29, 0.717) is 6.42 Å². The van der Waals surface area contributed by atoms with E-state index in [4.69, 9.17) is 0 Å². The number of hydrogen-bond acceptors (Lipinski definition) is 3. The number of amides is 2. The van der Waals surface area contributed by atoms with Crippen molar-refractivity contribution in [3.8, 4) is 0 Å². The third-order valence-corrected chi connectivity index (χ3v) is 5.51. The first kappa shape index (κ1) is 15.4. The van der Waals surface area contributed by atoms with Gasteiger partial charge in [0.2, 0.25) is 11.8 Å². The van der Waals surface area contributed by atoms with Crippen LogP contribution in [-0.4, -0.2) is 24.1 Å². The lowest BCUT2D eigenvalue weighted by molar-refractivity contribution is -0.126. The van der Waals surface area contributed by atoms with E-state index in [9.17, 15) is 9.59 Å². The molecule has 1 aliphatic carbocycles. The van der Waals surface area contributed by atoms with Gasteiger partial charge in [0.05, 0.1) is 5.71 Å². The van der Waals surface area contributed by atoms with E-state index < -0.39 is 0 Å². The number of nitrogens with zero attached hydrogens (tertiary/aromatic N) is 2. The van der Waals surface area contributed by atoms with Crippen molar-refractivity contribution in [3.63, 3.8) is 0 Å². The standard InChI is InChI=1S/C19H23N3O2/c1-2-10-22-16-8-6-13(11-12(16)7-9-17(22)23)18-14-4-3-5-15(14)19(24)21-20-18/h6,8,11,14-15H,2-5,7,9-10H2,1H3,(H,21,24). The molecule has 1 saturated carbocycles. The zero-order valence-electron chi connectivity index (χ0n) is 14.0. The van der Waals surface area contributed by atoms with Gasteiger partial charge in [-0.1, -0.05) is 19.4 Å². The number of carbonyl (C=O) groups is 2. The Morgan fingerprint density at radius 3 is 2.88 bits per heavy atom. The molecule has 1 N–H and O–H groups in total. The van der Waals surface area contributed by atoms with E-state index in [1.807, 2.05) is 4.90 Å². The van der Waals surface area contributed by atoms with Gasteiger partial charge in [0.25, 0.3) is 0 Å². The fourth-order valence-corrected chi connectivity index (χ4v) is 4.35. The van der Waals surface area contributed by atoms with Gasteiger partial charge in [-0.3, -0.25) is 9.59 Å². The fraction of sp³-hybridized carbons (Fsp3) is 0.526. The predicted octanol–water partition coefficient (Wildman–Crippen LogP) is 2.63. The molecule has 4 rings (SSSR count). The summed E-state index contributed by atoms with van der Waals surface area (Å²) < 4.78 is 0. The average Bonchev–Trinajstić information content (AvgIpc) is 3.08. The van der Waals surface area contributed by atoms with Gasteiger partial charge in [-0.05, 0) is 48.9 Å². The largest absolute Gasteiger partial charge is 0.312 e. The number of nitrogens with one attached hydrogen (secondary N) is 1. The molecule has 0 bridgehead atoms. The average molecular weight is 325 g/mol. The Morgan fingerprint density at radius 1 is 1.21 bits per heavy atom. The number of hydrazone groups is 1. The zero-order valence-corrected chi connectivity index (χ0v) is 14.0. The first-order chi connectivity index (χ1) is 11.7. The van der Waals surface area contributed by atoms with Crippen LogP contribution in [0.5, 0.6) is 0 Å². The highest BCUT2D eigenvalue weighted by molar-refractivity contribution is 6.07. The normalized spacial score (nSPS) is 25.9. The molecule has 1 aromatic rings. The lowest BCUT2D eigenvalue weighted by Gasteiger charge is -2.30. The molecular weight excluding hydrogens is 302 g/mol. The molecule has 0 spiro atoms. The molecule has 2 unspecified atom stereocenters. The lowest BCUT2D eigenvalue weighted by Crippen LogP contribution is -2.39. The van der Waals surface area contributed by atoms with Gasteiger partial charge in [0.15, 0.2) is 0 Å². The summed E-state index contributed by atoms with van der Waals surface area (Å²) in [7, 11) is 0. The number of carbonyl (C=O) groups excluding carboxylic acids is 2. The first-order valence-corrected chi connectivity index (χ1v) is 9.00. The minimum absolute atomic E-state index is 0.0685. The second kappa shape index (κ2) is 6.04. The van der Waals surface area contributed by atoms with Gasteiger partial charge in [-0.25, -0.2) is 5.43 Å². The van der Waals surface area contributed by atoms with E-state index in [1.54, 1.807) is 0 Å². The molecule has 2 heterocycles. The van der Waals surface area contributed by atoms with Crippen LogP contribution in [0.2, 0.25) is 0 Å². The summed E-state index contributed by atoms with van der Waals surface area (Å²) in [6, 6.07) is 6.29. The Balaban J connectivity index is 1.69. The molecule has 126 valence electrons. The topological polar surface area (TPSA) is 61.8 Å². The van der Waals surface area contributed by atoms with E-state index >= 15 is 0 Å². The second-order valence-corrected chi connectivity index (χ2v) is 7.01. The molecule has 1 aromatic carbocycles. The van der Waals surface area contributed by atoms with Crippen LogP contribution < -0.4 is 10.3 Å². The van der Waals surface area contributed by atoms with Crippen molar-refractivity contribution in [1.82, 2.24) is 5.43 Å². The number of rotatable bonds is 3. The maximum atomic E-state index is 12.2. The van der Waals surface area contributed by atoms with Crippen LogP contribution in [-0.2, 0) is 16.0 Å². The molecule has 5 heteroatoms. The highest BCUT2D eigenvalue weighted by Crippen LogP contribution is 2.38. The van der Waals surface area contributed by atoms with Crippen LogP contribution in [0.3, 0.4) is 0 Å². The summed E-state index contributed by atoms with van der Waals surface area (Å²) in [5.41, 5.74) is 7.07. The summed E-state index contributed by atoms with van der Waals surface area (Å²) in [6.07, 6.45) is 5.40.